The molecule has 0 saturated carbocycles. The molecule has 1 aromatic carbocycles. The number of aromatic nitrogens is 1. The van der Waals surface area contributed by atoms with E-state index in [9.17, 15) is 14.7 Å². The second kappa shape index (κ2) is 5.61. The quantitative estimate of drug-likeness (QED) is 0.884. The van der Waals surface area contributed by atoms with E-state index in [1.54, 1.807) is 30.7 Å². The van der Waals surface area contributed by atoms with Crippen LogP contribution < -0.4 is 0 Å². The molecule has 110 valence electrons. The Balaban J connectivity index is 2.71. The van der Waals surface area contributed by atoms with E-state index in [4.69, 9.17) is 16.3 Å². The number of ether oxygens (including phenoxy) is 1. The number of carbonyl (C=O) groups excluding carboxylic acids is 1. The summed E-state index contributed by atoms with van der Waals surface area (Å²) in [7, 11) is 1.30. The molecule has 1 N–H and O–H groups in total. The van der Waals surface area contributed by atoms with E-state index in [2.05, 4.69) is 0 Å². The maximum atomic E-state index is 11.7. The number of halogens is 1. The van der Waals surface area contributed by atoms with Gasteiger partial charge in [0.15, 0.2) is 0 Å². The third-order valence-electron chi connectivity index (χ3n) is 3.42. The molecule has 0 aliphatic rings. The molecule has 6 heteroatoms. The van der Waals surface area contributed by atoms with Crippen LogP contribution in [0, 0.1) is 13.8 Å². The topological polar surface area (TPSA) is 68.5 Å². The van der Waals surface area contributed by atoms with Crippen LogP contribution in [0.4, 0.5) is 0 Å². The maximum Gasteiger partial charge on any atom is 0.339 e. The summed E-state index contributed by atoms with van der Waals surface area (Å²) in [4.78, 5) is 23.1. The molecule has 0 atom stereocenters. The fourth-order valence-corrected chi connectivity index (χ4v) is 2.32. The average Bonchev–Trinajstić information content (AvgIpc) is 2.74. The lowest BCUT2D eigenvalue weighted by atomic mass is 10.1. The molecule has 0 spiro atoms. The molecule has 0 aliphatic heterocycles. The van der Waals surface area contributed by atoms with E-state index in [0.29, 0.717) is 16.3 Å². The number of carboxylic acids is 1. The monoisotopic (exact) mass is 307 g/mol. The van der Waals surface area contributed by atoms with Crippen molar-refractivity contribution in [3.8, 4) is 5.69 Å². The minimum atomic E-state index is -1.06. The smallest absolute Gasteiger partial charge is 0.339 e. The highest BCUT2D eigenvalue weighted by Gasteiger charge is 2.20. The lowest BCUT2D eigenvalue weighted by Gasteiger charge is -2.10. The number of aromatic carboxylic acids is 1. The number of methoxy groups -OCH3 is 1. The Hall–Kier alpha value is -2.27. The molecule has 0 aliphatic carbocycles. The first-order valence-electron chi connectivity index (χ1n) is 6.17. The number of nitrogens with zero attached hydrogens (tertiary/aromatic N) is 1. The van der Waals surface area contributed by atoms with Gasteiger partial charge in [-0.3, -0.25) is 0 Å². The van der Waals surface area contributed by atoms with Crippen molar-refractivity contribution in [1.29, 1.82) is 0 Å². The van der Waals surface area contributed by atoms with Gasteiger partial charge in [-0.25, -0.2) is 9.59 Å². The van der Waals surface area contributed by atoms with Gasteiger partial charge in [0.05, 0.1) is 23.9 Å². The van der Waals surface area contributed by atoms with Crippen LogP contribution in [0.25, 0.3) is 5.69 Å². The number of esters is 1. The van der Waals surface area contributed by atoms with Crippen LogP contribution in [0.1, 0.15) is 32.0 Å². The third kappa shape index (κ3) is 2.64. The Morgan fingerprint density at radius 1 is 1.24 bits per heavy atom. The van der Waals surface area contributed by atoms with Crippen LogP contribution in [0.3, 0.4) is 0 Å². The number of hydrogen-bond donors (Lipinski definition) is 1. The van der Waals surface area contributed by atoms with E-state index >= 15 is 0 Å². The summed E-state index contributed by atoms with van der Waals surface area (Å²) in [6.07, 6.45) is 1.56. The lowest BCUT2D eigenvalue weighted by Crippen LogP contribution is -2.06. The maximum absolute atomic E-state index is 11.7. The lowest BCUT2D eigenvalue weighted by molar-refractivity contribution is 0.0599. The number of carboxylic acid groups (broad SMARTS) is 1. The normalized spacial score (nSPS) is 10.5. The van der Waals surface area contributed by atoms with E-state index in [1.807, 2.05) is 0 Å². The van der Waals surface area contributed by atoms with Gasteiger partial charge in [-0.2, -0.15) is 0 Å². The highest BCUT2D eigenvalue weighted by atomic mass is 35.5. The van der Waals surface area contributed by atoms with Gasteiger partial charge in [-0.05, 0) is 37.6 Å². The fourth-order valence-electron chi connectivity index (χ4n) is 2.15. The SMILES string of the molecule is COC(=O)c1cn(-c2cc(Cl)ccc2C(=O)O)c(C)c1C. The Kier molecular flexibility index (Phi) is 4.04. The Bertz CT molecular complexity index is 734. The molecule has 2 rings (SSSR count). The van der Waals surface area contributed by atoms with Crippen molar-refractivity contribution in [2.45, 2.75) is 13.8 Å². The molecule has 0 unspecified atom stereocenters. The van der Waals surface area contributed by atoms with E-state index in [-0.39, 0.29) is 5.56 Å². The van der Waals surface area contributed by atoms with Gasteiger partial charge >= 0.3 is 11.9 Å². The molecule has 1 aromatic heterocycles. The summed E-state index contributed by atoms with van der Waals surface area (Å²) >= 11 is 5.96. The Morgan fingerprint density at radius 2 is 1.90 bits per heavy atom. The molecule has 2 aromatic rings. The van der Waals surface area contributed by atoms with E-state index in [0.717, 1.165) is 11.3 Å². The van der Waals surface area contributed by atoms with Crippen molar-refractivity contribution in [2.75, 3.05) is 7.11 Å². The Morgan fingerprint density at radius 3 is 2.48 bits per heavy atom. The predicted octanol–water partition coefficient (Wildman–Crippen LogP) is 3.23. The van der Waals surface area contributed by atoms with Crippen LogP contribution in [0.5, 0.6) is 0 Å². The van der Waals surface area contributed by atoms with Crippen LogP contribution in [-0.4, -0.2) is 28.7 Å². The van der Waals surface area contributed by atoms with Crippen molar-refractivity contribution in [1.82, 2.24) is 4.57 Å². The predicted molar refractivity (Wildman–Crippen MR) is 78.6 cm³/mol. The zero-order chi connectivity index (χ0) is 15.7. The van der Waals surface area contributed by atoms with Crippen LogP contribution in [0.15, 0.2) is 24.4 Å². The summed E-state index contributed by atoms with van der Waals surface area (Å²) in [5.74, 6) is -1.53. The third-order valence-corrected chi connectivity index (χ3v) is 3.66. The standard InChI is InChI=1S/C15H14ClNO4/c1-8-9(2)17(7-12(8)15(20)21-3)13-6-10(16)4-5-11(13)14(18)19/h4-7H,1-3H3,(H,18,19). The van der Waals surface area contributed by atoms with Gasteiger partial charge in [0.2, 0.25) is 0 Å². The highest BCUT2D eigenvalue weighted by molar-refractivity contribution is 6.30. The largest absolute Gasteiger partial charge is 0.478 e. The summed E-state index contributed by atoms with van der Waals surface area (Å²) in [5, 5.41) is 9.71. The summed E-state index contributed by atoms with van der Waals surface area (Å²) < 4.78 is 6.36. The molecule has 5 nitrogen and oxygen atoms in total. The van der Waals surface area contributed by atoms with Crippen molar-refractivity contribution >= 4 is 23.5 Å². The second-order valence-corrected chi connectivity index (χ2v) is 5.02. The van der Waals surface area contributed by atoms with Gasteiger partial charge in [0.25, 0.3) is 0 Å². The van der Waals surface area contributed by atoms with Gasteiger partial charge in [0.1, 0.15) is 0 Å². The first-order valence-corrected chi connectivity index (χ1v) is 6.54. The molecule has 0 bridgehead atoms. The van der Waals surface area contributed by atoms with Crippen molar-refractivity contribution in [2.24, 2.45) is 0 Å². The number of hydrogen-bond acceptors (Lipinski definition) is 3. The van der Waals surface area contributed by atoms with Gasteiger partial charge in [-0.1, -0.05) is 11.6 Å². The van der Waals surface area contributed by atoms with Crippen molar-refractivity contribution in [3.63, 3.8) is 0 Å². The zero-order valence-electron chi connectivity index (χ0n) is 11.8. The first kappa shape index (κ1) is 15.1. The minimum Gasteiger partial charge on any atom is -0.478 e. The molecule has 0 fully saturated rings. The van der Waals surface area contributed by atoms with Gasteiger partial charge in [0, 0.05) is 16.9 Å². The summed E-state index contributed by atoms with van der Waals surface area (Å²) in [6, 6.07) is 4.51. The van der Waals surface area contributed by atoms with Crippen molar-refractivity contribution in [3.05, 3.63) is 51.8 Å². The molecule has 21 heavy (non-hydrogen) atoms. The van der Waals surface area contributed by atoms with Crippen LogP contribution in [-0.2, 0) is 4.74 Å². The number of rotatable bonds is 3. The van der Waals surface area contributed by atoms with E-state index < -0.39 is 11.9 Å². The molecule has 0 radical (unpaired) electrons. The second-order valence-electron chi connectivity index (χ2n) is 4.58. The van der Waals surface area contributed by atoms with Crippen LogP contribution >= 0.6 is 11.6 Å². The Labute approximate surface area is 126 Å². The van der Waals surface area contributed by atoms with Crippen molar-refractivity contribution < 1.29 is 19.4 Å². The molecule has 1 heterocycles. The van der Waals surface area contributed by atoms with Gasteiger partial charge in [-0.15, -0.1) is 0 Å². The minimum absolute atomic E-state index is 0.105. The molecular formula is C15H14ClNO4. The average molecular weight is 308 g/mol. The first-order chi connectivity index (χ1) is 9.86. The molecule has 0 amide bonds. The van der Waals surface area contributed by atoms with E-state index in [1.165, 1.54) is 19.2 Å². The molecule has 0 saturated heterocycles. The zero-order valence-corrected chi connectivity index (χ0v) is 12.6. The number of carbonyl (C=O) groups is 2. The summed E-state index contributed by atoms with van der Waals surface area (Å²) in [6.45, 7) is 3.58. The highest BCUT2D eigenvalue weighted by Crippen LogP contribution is 2.26. The molecular weight excluding hydrogens is 294 g/mol. The number of benzene rings is 1. The fraction of sp³-hybridized carbons (Fsp3) is 0.200. The summed E-state index contributed by atoms with van der Waals surface area (Å²) in [5.41, 5.74) is 2.39. The van der Waals surface area contributed by atoms with Gasteiger partial charge < -0.3 is 14.4 Å². The van der Waals surface area contributed by atoms with Crippen LogP contribution in [0.2, 0.25) is 5.02 Å².